The monoisotopic (exact) mass is 259 g/mol. The smallest absolute Gasteiger partial charge is 0.350 e. The van der Waals surface area contributed by atoms with Gasteiger partial charge in [-0.3, -0.25) is 4.79 Å². The van der Waals surface area contributed by atoms with Crippen molar-refractivity contribution in [2.45, 2.75) is 31.5 Å². The average molecular weight is 259 g/mol. The minimum atomic E-state index is -4.57. The first-order valence-corrected chi connectivity index (χ1v) is 6.42. The molecule has 1 saturated heterocycles. The van der Waals surface area contributed by atoms with E-state index in [1.807, 2.05) is 0 Å². The predicted octanol–water partition coefficient (Wildman–Crippen LogP) is 0.632. The SMILES string of the molecule is CC1(NC(=O)CC(F)(F)F)CCS(=O)(=O)C1. The predicted molar refractivity (Wildman–Crippen MR) is 50.5 cm³/mol. The van der Waals surface area contributed by atoms with Gasteiger partial charge in [-0.05, 0) is 13.3 Å². The second-order valence-corrected chi connectivity index (χ2v) is 6.43. The Balaban J connectivity index is 2.59. The average Bonchev–Trinajstić information content (AvgIpc) is 2.19. The summed E-state index contributed by atoms with van der Waals surface area (Å²) >= 11 is 0. The van der Waals surface area contributed by atoms with Crippen LogP contribution in [0.15, 0.2) is 0 Å². The third-order valence-corrected chi connectivity index (χ3v) is 4.21. The van der Waals surface area contributed by atoms with Crippen LogP contribution in [0.1, 0.15) is 19.8 Å². The third-order valence-electron chi connectivity index (χ3n) is 2.31. The van der Waals surface area contributed by atoms with Gasteiger partial charge in [-0.15, -0.1) is 0 Å². The highest BCUT2D eigenvalue weighted by molar-refractivity contribution is 7.91. The second-order valence-electron chi connectivity index (χ2n) is 4.24. The number of amides is 1. The molecule has 1 amide bonds. The Morgan fingerprint density at radius 1 is 1.44 bits per heavy atom. The van der Waals surface area contributed by atoms with E-state index < -0.39 is 33.9 Å². The first-order valence-electron chi connectivity index (χ1n) is 4.60. The molecule has 0 spiro atoms. The van der Waals surface area contributed by atoms with Crippen molar-refractivity contribution < 1.29 is 26.4 Å². The molecule has 0 aliphatic carbocycles. The van der Waals surface area contributed by atoms with E-state index in [2.05, 4.69) is 5.32 Å². The van der Waals surface area contributed by atoms with Gasteiger partial charge in [0.1, 0.15) is 6.42 Å². The Labute approximate surface area is 91.1 Å². The summed E-state index contributed by atoms with van der Waals surface area (Å²) in [6.45, 7) is 1.44. The summed E-state index contributed by atoms with van der Waals surface area (Å²) in [5.74, 6) is -1.59. The van der Waals surface area contributed by atoms with Gasteiger partial charge in [0.15, 0.2) is 9.84 Å². The third kappa shape index (κ3) is 3.99. The number of hydrogen-bond donors (Lipinski definition) is 1. The molecule has 0 bridgehead atoms. The molecule has 4 nitrogen and oxygen atoms in total. The highest BCUT2D eigenvalue weighted by Gasteiger charge is 2.41. The number of halogens is 3. The summed E-state index contributed by atoms with van der Waals surface area (Å²) in [5.41, 5.74) is -1.07. The lowest BCUT2D eigenvalue weighted by atomic mass is 10.0. The molecule has 0 aromatic carbocycles. The lowest BCUT2D eigenvalue weighted by Gasteiger charge is -2.24. The summed E-state index contributed by atoms with van der Waals surface area (Å²) in [7, 11) is -3.24. The first kappa shape index (κ1) is 13.3. The summed E-state index contributed by atoms with van der Waals surface area (Å²) in [6, 6.07) is 0. The summed E-state index contributed by atoms with van der Waals surface area (Å²) < 4.78 is 57.9. The summed E-state index contributed by atoms with van der Waals surface area (Å²) in [5, 5.41) is 2.13. The van der Waals surface area contributed by atoms with E-state index in [9.17, 15) is 26.4 Å². The first-order chi connectivity index (χ1) is 7.02. The van der Waals surface area contributed by atoms with Crippen molar-refractivity contribution in [3.8, 4) is 0 Å². The van der Waals surface area contributed by atoms with Crippen molar-refractivity contribution in [3.05, 3.63) is 0 Å². The van der Waals surface area contributed by atoms with E-state index in [0.717, 1.165) is 0 Å². The van der Waals surface area contributed by atoms with Crippen molar-refractivity contribution in [2.75, 3.05) is 11.5 Å². The normalized spacial score (nSPS) is 29.0. The summed E-state index contributed by atoms with van der Waals surface area (Å²) in [4.78, 5) is 11.0. The Morgan fingerprint density at radius 3 is 2.38 bits per heavy atom. The zero-order chi connectivity index (χ0) is 12.6. The van der Waals surface area contributed by atoms with Crippen LogP contribution in [0.3, 0.4) is 0 Å². The number of rotatable bonds is 2. The van der Waals surface area contributed by atoms with E-state index in [1.165, 1.54) is 6.92 Å². The van der Waals surface area contributed by atoms with Crippen LogP contribution >= 0.6 is 0 Å². The molecule has 1 unspecified atom stereocenters. The van der Waals surface area contributed by atoms with E-state index in [-0.39, 0.29) is 17.9 Å². The fourth-order valence-corrected chi connectivity index (χ4v) is 3.77. The molecule has 1 aliphatic heterocycles. The Kier molecular flexibility index (Phi) is 3.24. The van der Waals surface area contributed by atoms with Crippen LogP contribution < -0.4 is 5.32 Å². The topological polar surface area (TPSA) is 63.2 Å². The maximum absolute atomic E-state index is 11.9. The molecule has 94 valence electrons. The van der Waals surface area contributed by atoms with E-state index >= 15 is 0 Å². The zero-order valence-electron chi connectivity index (χ0n) is 8.60. The van der Waals surface area contributed by atoms with Gasteiger partial charge in [0.05, 0.1) is 17.0 Å². The van der Waals surface area contributed by atoms with Crippen LogP contribution in [0.4, 0.5) is 13.2 Å². The van der Waals surface area contributed by atoms with Gasteiger partial charge in [0.25, 0.3) is 0 Å². The number of sulfone groups is 1. The Morgan fingerprint density at radius 2 is 2.00 bits per heavy atom. The summed E-state index contributed by atoms with van der Waals surface area (Å²) in [6.07, 6.45) is -6.00. The number of hydrogen-bond acceptors (Lipinski definition) is 3. The molecule has 1 heterocycles. The standard InChI is InChI=1S/C8H12F3NO3S/c1-7(2-3-16(14,15)5-7)12-6(13)4-8(9,10)11/h2-5H2,1H3,(H,12,13). The quantitative estimate of drug-likeness (QED) is 0.791. The van der Waals surface area contributed by atoms with Crippen molar-refractivity contribution >= 4 is 15.7 Å². The molecule has 0 radical (unpaired) electrons. The van der Waals surface area contributed by atoms with E-state index in [0.29, 0.717) is 0 Å². The highest BCUT2D eigenvalue weighted by atomic mass is 32.2. The van der Waals surface area contributed by atoms with Crippen LogP contribution in [0.25, 0.3) is 0 Å². The maximum Gasteiger partial charge on any atom is 0.397 e. The van der Waals surface area contributed by atoms with Crippen LogP contribution in [-0.4, -0.2) is 37.5 Å². The fourth-order valence-electron chi connectivity index (χ4n) is 1.67. The van der Waals surface area contributed by atoms with E-state index in [1.54, 1.807) is 0 Å². The molecule has 0 saturated carbocycles. The zero-order valence-corrected chi connectivity index (χ0v) is 9.41. The van der Waals surface area contributed by atoms with Crippen LogP contribution in [0.5, 0.6) is 0 Å². The number of carbonyl (C=O) groups excluding carboxylic acids is 1. The van der Waals surface area contributed by atoms with Crippen molar-refractivity contribution in [3.63, 3.8) is 0 Å². The number of nitrogens with one attached hydrogen (secondary N) is 1. The van der Waals surface area contributed by atoms with Gasteiger partial charge in [-0.2, -0.15) is 13.2 Å². The fraction of sp³-hybridized carbons (Fsp3) is 0.875. The van der Waals surface area contributed by atoms with Crippen LogP contribution in [0.2, 0.25) is 0 Å². The molecule has 1 aliphatic rings. The van der Waals surface area contributed by atoms with Gasteiger partial charge >= 0.3 is 6.18 Å². The van der Waals surface area contributed by atoms with Crippen molar-refractivity contribution in [1.82, 2.24) is 5.32 Å². The molecule has 1 N–H and O–H groups in total. The molecule has 1 atom stereocenters. The molecule has 0 aromatic heterocycles. The molecule has 16 heavy (non-hydrogen) atoms. The minimum absolute atomic E-state index is 0.101. The number of alkyl halides is 3. The van der Waals surface area contributed by atoms with Crippen LogP contribution in [0, 0.1) is 0 Å². The van der Waals surface area contributed by atoms with Gasteiger partial charge in [0, 0.05) is 0 Å². The number of carbonyl (C=O) groups is 1. The van der Waals surface area contributed by atoms with Crippen molar-refractivity contribution in [1.29, 1.82) is 0 Å². The minimum Gasteiger partial charge on any atom is -0.350 e. The molecular formula is C8H12F3NO3S. The van der Waals surface area contributed by atoms with Crippen LogP contribution in [-0.2, 0) is 14.6 Å². The Bertz CT molecular complexity index is 390. The van der Waals surface area contributed by atoms with Gasteiger partial charge in [-0.25, -0.2) is 8.42 Å². The largest absolute Gasteiger partial charge is 0.397 e. The van der Waals surface area contributed by atoms with Gasteiger partial charge in [0.2, 0.25) is 5.91 Å². The van der Waals surface area contributed by atoms with Crippen molar-refractivity contribution in [2.24, 2.45) is 0 Å². The molecule has 1 rings (SSSR count). The lowest BCUT2D eigenvalue weighted by Crippen LogP contribution is -2.47. The molecule has 8 heteroatoms. The maximum atomic E-state index is 11.9. The second kappa shape index (κ2) is 3.90. The van der Waals surface area contributed by atoms with Gasteiger partial charge < -0.3 is 5.32 Å². The molecule has 1 fully saturated rings. The lowest BCUT2D eigenvalue weighted by molar-refractivity contribution is -0.154. The molecule has 0 aromatic rings. The van der Waals surface area contributed by atoms with Gasteiger partial charge in [-0.1, -0.05) is 0 Å². The molecular weight excluding hydrogens is 247 g/mol. The Hall–Kier alpha value is -0.790. The van der Waals surface area contributed by atoms with E-state index in [4.69, 9.17) is 0 Å². The highest BCUT2D eigenvalue weighted by Crippen LogP contribution is 2.24.